The van der Waals surface area contributed by atoms with Crippen LogP contribution in [-0.2, 0) is 9.59 Å². The summed E-state index contributed by atoms with van der Waals surface area (Å²) in [6.45, 7) is 2.19. The van der Waals surface area contributed by atoms with Gasteiger partial charge in [0.2, 0.25) is 5.91 Å². The van der Waals surface area contributed by atoms with E-state index < -0.39 is 0 Å². The van der Waals surface area contributed by atoms with Crippen molar-refractivity contribution in [3.63, 3.8) is 0 Å². The zero-order chi connectivity index (χ0) is 7.56. The molecule has 1 aliphatic heterocycles. The monoisotopic (exact) mass is 159 g/mol. The van der Waals surface area contributed by atoms with Gasteiger partial charge in [0.25, 0.3) is 0 Å². The van der Waals surface area contributed by atoms with Gasteiger partial charge in [-0.05, 0) is 6.42 Å². The molecule has 10 heavy (non-hydrogen) atoms. The second-order valence-corrected chi connectivity index (χ2v) is 3.56. The van der Waals surface area contributed by atoms with Crippen LogP contribution in [0.3, 0.4) is 0 Å². The Balaban J connectivity index is 2.40. The molecule has 0 radical (unpaired) electrons. The zero-order valence-corrected chi connectivity index (χ0v) is 6.53. The largest absolute Gasteiger partial charge is 0.355 e. The Bertz CT molecular complexity index is 169. The van der Waals surface area contributed by atoms with E-state index in [1.165, 1.54) is 6.92 Å². The smallest absolute Gasteiger partial charge is 0.233 e. The normalized spacial score (nSPS) is 24.5. The lowest BCUT2D eigenvalue weighted by Gasteiger charge is -2.00. The maximum absolute atomic E-state index is 10.8. The van der Waals surface area contributed by atoms with Gasteiger partial charge in [-0.1, -0.05) is 11.8 Å². The summed E-state index contributed by atoms with van der Waals surface area (Å²) in [6.07, 6.45) is 0.781. The summed E-state index contributed by atoms with van der Waals surface area (Å²) in [6, 6.07) is 0. The average Bonchev–Trinajstić information content (AvgIpc) is 2.15. The first-order valence-electron chi connectivity index (χ1n) is 3.15. The minimum atomic E-state index is -0.127. The molecular formula is C6H9NO2S. The van der Waals surface area contributed by atoms with Gasteiger partial charge in [-0.3, -0.25) is 9.59 Å². The van der Waals surface area contributed by atoms with Gasteiger partial charge in [-0.2, -0.15) is 0 Å². The van der Waals surface area contributed by atoms with Gasteiger partial charge in [-0.15, -0.1) is 0 Å². The topological polar surface area (TPSA) is 46.2 Å². The van der Waals surface area contributed by atoms with E-state index in [-0.39, 0.29) is 16.3 Å². The fourth-order valence-corrected chi connectivity index (χ4v) is 1.71. The van der Waals surface area contributed by atoms with Crippen LogP contribution in [0, 0.1) is 0 Å². The average molecular weight is 159 g/mol. The van der Waals surface area contributed by atoms with Gasteiger partial charge in [-0.25, -0.2) is 0 Å². The van der Waals surface area contributed by atoms with E-state index in [4.69, 9.17) is 0 Å². The molecule has 0 saturated carbocycles. The maximum atomic E-state index is 10.8. The molecule has 4 heteroatoms. The molecule has 56 valence electrons. The van der Waals surface area contributed by atoms with Crippen molar-refractivity contribution >= 4 is 22.8 Å². The second kappa shape index (κ2) is 3.05. The summed E-state index contributed by atoms with van der Waals surface area (Å²) >= 11 is 1.12. The molecule has 1 saturated heterocycles. The van der Waals surface area contributed by atoms with E-state index in [1.54, 1.807) is 0 Å². The van der Waals surface area contributed by atoms with E-state index in [1.807, 2.05) is 0 Å². The van der Waals surface area contributed by atoms with Crippen molar-refractivity contribution in [2.45, 2.75) is 18.6 Å². The molecule has 0 aromatic carbocycles. The number of carbonyl (C=O) groups is 2. The number of thioether (sulfide) groups is 1. The third kappa shape index (κ3) is 1.73. The van der Waals surface area contributed by atoms with Gasteiger partial charge >= 0.3 is 0 Å². The quantitative estimate of drug-likeness (QED) is 0.592. The Kier molecular flexibility index (Phi) is 2.32. The van der Waals surface area contributed by atoms with Crippen molar-refractivity contribution in [1.82, 2.24) is 5.32 Å². The zero-order valence-electron chi connectivity index (χ0n) is 5.72. The van der Waals surface area contributed by atoms with Crippen LogP contribution in [0.5, 0.6) is 0 Å². The summed E-state index contributed by atoms with van der Waals surface area (Å²) in [5.41, 5.74) is 0. The highest BCUT2D eigenvalue weighted by molar-refractivity contribution is 8.14. The molecule has 0 bridgehead atoms. The van der Waals surface area contributed by atoms with Crippen LogP contribution < -0.4 is 5.32 Å². The predicted molar refractivity (Wildman–Crippen MR) is 39.7 cm³/mol. The van der Waals surface area contributed by atoms with Crippen LogP contribution in [0.15, 0.2) is 0 Å². The van der Waals surface area contributed by atoms with Gasteiger partial charge in [0.05, 0.1) is 5.25 Å². The lowest BCUT2D eigenvalue weighted by atomic mass is 10.4. The number of amides is 1. The number of hydrogen-bond acceptors (Lipinski definition) is 3. The summed E-state index contributed by atoms with van der Waals surface area (Å²) in [5.74, 6) is 0.000185. The molecule has 0 aromatic rings. The molecule has 0 aromatic heterocycles. The third-order valence-corrected chi connectivity index (χ3v) is 2.37. The van der Waals surface area contributed by atoms with Crippen molar-refractivity contribution in [3.05, 3.63) is 0 Å². The third-order valence-electron chi connectivity index (χ3n) is 1.31. The number of hydrogen-bond donors (Lipinski definition) is 1. The first-order chi connectivity index (χ1) is 4.70. The molecule has 1 N–H and O–H groups in total. The highest BCUT2D eigenvalue weighted by atomic mass is 32.2. The van der Waals surface area contributed by atoms with Crippen LogP contribution in [0.25, 0.3) is 0 Å². The highest BCUT2D eigenvalue weighted by Crippen LogP contribution is 2.18. The molecule has 1 fully saturated rings. The molecule has 1 amide bonds. The number of nitrogens with one attached hydrogen (secondary N) is 1. The minimum absolute atomic E-state index is 0.000185. The summed E-state index contributed by atoms with van der Waals surface area (Å²) in [4.78, 5) is 21.4. The Labute approximate surface area is 63.6 Å². The van der Waals surface area contributed by atoms with Crippen molar-refractivity contribution in [2.75, 3.05) is 6.54 Å². The molecule has 3 nitrogen and oxygen atoms in total. The van der Waals surface area contributed by atoms with Crippen molar-refractivity contribution in [2.24, 2.45) is 0 Å². The van der Waals surface area contributed by atoms with E-state index >= 15 is 0 Å². The SMILES string of the molecule is CC(=O)S[C@H]1CCNC1=O. The van der Waals surface area contributed by atoms with E-state index in [9.17, 15) is 9.59 Å². The molecular weight excluding hydrogens is 150 g/mol. The Morgan fingerprint density at radius 1 is 1.80 bits per heavy atom. The molecule has 0 aliphatic carbocycles. The molecule has 1 aliphatic rings. The number of rotatable bonds is 1. The van der Waals surface area contributed by atoms with Crippen LogP contribution in [0.2, 0.25) is 0 Å². The van der Waals surface area contributed by atoms with Gasteiger partial charge < -0.3 is 5.32 Å². The van der Waals surface area contributed by atoms with Crippen molar-refractivity contribution in [3.8, 4) is 0 Å². The van der Waals surface area contributed by atoms with Crippen LogP contribution in [-0.4, -0.2) is 22.8 Å². The molecule has 0 unspecified atom stereocenters. The fourth-order valence-electron chi connectivity index (χ4n) is 0.884. The first-order valence-corrected chi connectivity index (χ1v) is 4.03. The van der Waals surface area contributed by atoms with Crippen molar-refractivity contribution < 1.29 is 9.59 Å². The summed E-state index contributed by atoms with van der Waals surface area (Å²) < 4.78 is 0. The Morgan fingerprint density at radius 2 is 2.50 bits per heavy atom. The lowest BCUT2D eigenvalue weighted by Crippen LogP contribution is -2.21. The van der Waals surface area contributed by atoms with Gasteiger partial charge in [0.1, 0.15) is 0 Å². The van der Waals surface area contributed by atoms with Crippen LogP contribution >= 0.6 is 11.8 Å². The van der Waals surface area contributed by atoms with E-state index in [0.29, 0.717) is 6.54 Å². The van der Waals surface area contributed by atoms with Gasteiger partial charge in [0.15, 0.2) is 5.12 Å². The van der Waals surface area contributed by atoms with E-state index in [2.05, 4.69) is 5.32 Å². The summed E-state index contributed by atoms with van der Waals surface area (Å²) in [5, 5.41) is 2.55. The van der Waals surface area contributed by atoms with Gasteiger partial charge in [0, 0.05) is 13.5 Å². The molecule has 1 rings (SSSR count). The maximum Gasteiger partial charge on any atom is 0.233 e. The number of carbonyl (C=O) groups excluding carboxylic acids is 2. The predicted octanol–water partition coefficient (Wildman–Crippen LogP) is 0.155. The second-order valence-electron chi connectivity index (χ2n) is 2.18. The molecule has 0 spiro atoms. The minimum Gasteiger partial charge on any atom is -0.355 e. The van der Waals surface area contributed by atoms with Crippen LogP contribution in [0.1, 0.15) is 13.3 Å². The van der Waals surface area contributed by atoms with E-state index in [0.717, 1.165) is 18.2 Å². The molecule has 1 heterocycles. The Hall–Kier alpha value is -0.510. The van der Waals surface area contributed by atoms with Crippen LogP contribution in [0.4, 0.5) is 0 Å². The highest BCUT2D eigenvalue weighted by Gasteiger charge is 2.25. The Morgan fingerprint density at radius 3 is 2.90 bits per heavy atom. The summed E-state index contributed by atoms with van der Waals surface area (Å²) in [7, 11) is 0. The molecule has 1 atom stereocenters. The first kappa shape index (κ1) is 7.60. The fraction of sp³-hybridized carbons (Fsp3) is 0.667. The standard InChI is InChI=1S/C6H9NO2S/c1-4(8)10-5-2-3-7-6(5)9/h5H,2-3H2,1H3,(H,7,9)/t5-/m0/s1. The van der Waals surface area contributed by atoms with Crippen molar-refractivity contribution in [1.29, 1.82) is 0 Å². The lowest BCUT2D eigenvalue weighted by molar-refractivity contribution is -0.119.